The second kappa shape index (κ2) is 8.06. The number of benzene rings is 2. The fourth-order valence-electron chi connectivity index (χ4n) is 3.83. The monoisotopic (exact) mass is 407 g/mol. The van der Waals surface area contributed by atoms with Gasteiger partial charge in [-0.15, -0.1) is 0 Å². The number of aryl methyl sites for hydroxylation is 2. The van der Waals surface area contributed by atoms with Crippen LogP contribution in [0.1, 0.15) is 24.7 Å². The molecular weight excluding hydrogens is 382 g/mol. The highest BCUT2D eigenvalue weighted by Crippen LogP contribution is 2.30. The number of anilines is 2. The van der Waals surface area contributed by atoms with Gasteiger partial charge in [0.15, 0.2) is 0 Å². The van der Waals surface area contributed by atoms with Gasteiger partial charge in [-0.05, 0) is 49.2 Å². The number of imidazole rings is 1. The molecule has 1 aliphatic heterocycles. The van der Waals surface area contributed by atoms with Gasteiger partial charge in [-0.3, -0.25) is 4.79 Å². The first-order valence-corrected chi connectivity index (χ1v) is 9.97. The van der Waals surface area contributed by atoms with Gasteiger partial charge in [0.05, 0.1) is 24.7 Å². The van der Waals surface area contributed by atoms with Gasteiger partial charge in [-0.2, -0.15) is 0 Å². The van der Waals surface area contributed by atoms with E-state index >= 15 is 0 Å². The summed E-state index contributed by atoms with van der Waals surface area (Å²) in [7, 11) is 3.54. The molecule has 1 aromatic heterocycles. The number of ether oxygens (including phenoxy) is 1. The van der Waals surface area contributed by atoms with Crippen molar-refractivity contribution in [1.29, 1.82) is 0 Å². The van der Waals surface area contributed by atoms with E-state index in [4.69, 9.17) is 4.74 Å². The molecule has 0 unspecified atom stereocenters. The minimum absolute atomic E-state index is 0.142. The van der Waals surface area contributed by atoms with E-state index in [1.54, 1.807) is 12.0 Å². The molecule has 3 aromatic rings. The lowest BCUT2D eigenvalue weighted by Crippen LogP contribution is -2.35. The maximum absolute atomic E-state index is 12.4. The predicted octanol–water partition coefficient (Wildman–Crippen LogP) is 3.20. The van der Waals surface area contributed by atoms with Crippen molar-refractivity contribution in [2.45, 2.75) is 26.3 Å². The Morgan fingerprint density at radius 2 is 2.03 bits per heavy atom. The number of fused-ring (bicyclic) bond motifs is 2. The smallest absolute Gasteiger partial charge is 0.319 e. The van der Waals surface area contributed by atoms with Gasteiger partial charge in [-0.1, -0.05) is 0 Å². The predicted molar refractivity (Wildman–Crippen MR) is 116 cm³/mol. The van der Waals surface area contributed by atoms with Crippen molar-refractivity contribution < 1.29 is 14.3 Å². The van der Waals surface area contributed by atoms with Gasteiger partial charge < -0.3 is 24.8 Å². The first-order chi connectivity index (χ1) is 14.5. The fraction of sp³-hybridized carbons (Fsp3) is 0.318. The molecule has 0 atom stereocenters. The first-order valence-electron chi connectivity index (χ1n) is 9.97. The van der Waals surface area contributed by atoms with Crippen molar-refractivity contribution in [2.24, 2.45) is 7.05 Å². The molecule has 0 fully saturated rings. The first kappa shape index (κ1) is 19.8. The zero-order valence-electron chi connectivity index (χ0n) is 17.4. The van der Waals surface area contributed by atoms with E-state index in [1.165, 1.54) is 0 Å². The number of urea groups is 1. The Kier molecular flexibility index (Phi) is 5.31. The van der Waals surface area contributed by atoms with Crippen LogP contribution in [0, 0.1) is 0 Å². The van der Waals surface area contributed by atoms with E-state index in [-0.39, 0.29) is 11.9 Å². The number of nitrogens with zero attached hydrogens (tertiary/aromatic N) is 3. The summed E-state index contributed by atoms with van der Waals surface area (Å²) < 4.78 is 7.19. The molecule has 30 heavy (non-hydrogen) atoms. The third-order valence-electron chi connectivity index (χ3n) is 5.44. The minimum Gasteiger partial charge on any atom is -0.497 e. The highest BCUT2D eigenvalue weighted by Gasteiger charge is 2.23. The molecule has 156 valence electrons. The molecule has 0 spiro atoms. The Bertz CT molecular complexity index is 1120. The molecule has 0 saturated heterocycles. The average Bonchev–Trinajstić information content (AvgIpc) is 3.07. The summed E-state index contributed by atoms with van der Waals surface area (Å²) in [5, 5.41) is 5.72. The third-order valence-corrected chi connectivity index (χ3v) is 5.44. The van der Waals surface area contributed by atoms with Gasteiger partial charge >= 0.3 is 6.03 Å². The lowest BCUT2D eigenvalue weighted by atomic mass is 10.0. The maximum Gasteiger partial charge on any atom is 0.319 e. The summed E-state index contributed by atoms with van der Waals surface area (Å²) in [6.45, 7) is 2.90. The normalized spacial score (nSPS) is 13.3. The number of rotatable bonds is 5. The molecule has 1 aliphatic rings. The number of nitrogens with one attached hydrogen (secondary N) is 2. The van der Waals surface area contributed by atoms with Crippen molar-refractivity contribution in [2.75, 3.05) is 23.9 Å². The van der Waals surface area contributed by atoms with Gasteiger partial charge in [0.2, 0.25) is 5.91 Å². The van der Waals surface area contributed by atoms with E-state index in [0.29, 0.717) is 31.6 Å². The molecule has 8 nitrogen and oxygen atoms in total. The highest BCUT2D eigenvalue weighted by molar-refractivity contribution is 5.97. The Balaban J connectivity index is 1.43. The van der Waals surface area contributed by atoms with E-state index in [2.05, 4.69) is 15.6 Å². The Morgan fingerprint density at radius 1 is 1.20 bits per heavy atom. The molecule has 2 aromatic carbocycles. The van der Waals surface area contributed by atoms with Crippen LogP contribution in [0.4, 0.5) is 16.2 Å². The zero-order valence-corrected chi connectivity index (χ0v) is 17.4. The molecule has 2 N–H and O–H groups in total. The number of hydrogen-bond donors (Lipinski definition) is 2. The number of aromatic nitrogens is 2. The summed E-state index contributed by atoms with van der Waals surface area (Å²) in [6.07, 6.45) is 1.18. The maximum atomic E-state index is 12.4. The van der Waals surface area contributed by atoms with Crippen LogP contribution < -0.4 is 20.3 Å². The fourth-order valence-corrected chi connectivity index (χ4v) is 3.83. The van der Waals surface area contributed by atoms with Crippen molar-refractivity contribution in [3.8, 4) is 5.75 Å². The molecule has 0 saturated carbocycles. The summed E-state index contributed by atoms with van der Waals surface area (Å²) in [6, 6.07) is 11.0. The van der Waals surface area contributed by atoms with Crippen molar-refractivity contribution in [3.63, 3.8) is 0 Å². The Labute approximate surface area is 174 Å². The van der Waals surface area contributed by atoms with E-state index in [0.717, 1.165) is 33.9 Å². The number of carbonyl (C=O) groups is 2. The van der Waals surface area contributed by atoms with Crippen molar-refractivity contribution in [3.05, 3.63) is 47.8 Å². The Morgan fingerprint density at radius 3 is 2.80 bits per heavy atom. The number of amides is 3. The van der Waals surface area contributed by atoms with Gasteiger partial charge in [-0.25, -0.2) is 9.78 Å². The van der Waals surface area contributed by atoms with Crippen LogP contribution in [0.3, 0.4) is 0 Å². The van der Waals surface area contributed by atoms with Crippen LogP contribution in [-0.2, 0) is 24.8 Å². The van der Waals surface area contributed by atoms with Crippen LogP contribution in [-0.4, -0.2) is 35.1 Å². The van der Waals surface area contributed by atoms with Crippen molar-refractivity contribution >= 4 is 34.3 Å². The second-order valence-corrected chi connectivity index (χ2v) is 7.23. The summed E-state index contributed by atoms with van der Waals surface area (Å²) in [5.41, 5.74) is 4.48. The lowest BCUT2D eigenvalue weighted by molar-refractivity contribution is -0.118. The van der Waals surface area contributed by atoms with Crippen LogP contribution in [0.15, 0.2) is 36.4 Å². The summed E-state index contributed by atoms with van der Waals surface area (Å²) in [4.78, 5) is 30.8. The average molecular weight is 407 g/mol. The molecule has 0 bridgehead atoms. The van der Waals surface area contributed by atoms with Gasteiger partial charge in [0.25, 0.3) is 0 Å². The second-order valence-electron chi connectivity index (χ2n) is 7.23. The largest absolute Gasteiger partial charge is 0.497 e. The van der Waals surface area contributed by atoms with Crippen LogP contribution in [0.2, 0.25) is 0 Å². The number of carbonyl (C=O) groups excluding carboxylic acids is 2. The molecular formula is C22H25N5O3. The van der Waals surface area contributed by atoms with E-state index in [1.807, 2.05) is 54.9 Å². The molecule has 3 amide bonds. The third kappa shape index (κ3) is 3.68. The number of hydrogen-bond acceptors (Lipinski definition) is 4. The number of methoxy groups -OCH3 is 1. The lowest BCUT2D eigenvalue weighted by Gasteiger charge is -2.28. The standard InChI is InChI=1S/C22H25N5O3/c1-4-27-18-8-6-15(11-14(18)5-10-21(27)28)24-22(29)23-13-20-25-17-12-16(30-3)7-9-19(17)26(20)2/h6-9,11-12H,4-5,10,13H2,1-3H3,(H2,23,24,29). The zero-order chi connectivity index (χ0) is 21.3. The SMILES string of the molecule is CCN1C(=O)CCc2cc(NC(=O)NCc3nc4cc(OC)ccc4n3C)ccc21. The topological polar surface area (TPSA) is 88.5 Å². The molecule has 4 rings (SSSR count). The van der Waals surface area contributed by atoms with E-state index < -0.39 is 0 Å². The van der Waals surface area contributed by atoms with E-state index in [9.17, 15) is 9.59 Å². The van der Waals surface area contributed by atoms with Crippen LogP contribution in [0.5, 0.6) is 5.75 Å². The summed E-state index contributed by atoms with van der Waals surface area (Å²) in [5.74, 6) is 1.63. The molecule has 0 radical (unpaired) electrons. The molecule has 2 heterocycles. The quantitative estimate of drug-likeness (QED) is 0.680. The van der Waals surface area contributed by atoms with Crippen molar-refractivity contribution in [1.82, 2.24) is 14.9 Å². The van der Waals surface area contributed by atoms with Crippen LogP contribution >= 0.6 is 0 Å². The minimum atomic E-state index is -0.307. The van der Waals surface area contributed by atoms with Crippen LogP contribution in [0.25, 0.3) is 11.0 Å². The highest BCUT2D eigenvalue weighted by atomic mass is 16.5. The van der Waals surface area contributed by atoms with Gasteiger partial charge in [0, 0.05) is 37.5 Å². The Hall–Kier alpha value is -3.55. The molecule has 8 heteroatoms. The van der Waals surface area contributed by atoms with Gasteiger partial charge in [0.1, 0.15) is 11.6 Å². The summed E-state index contributed by atoms with van der Waals surface area (Å²) >= 11 is 0. The molecule has 0 aliphatic carbocycles.